The molecule has 1 saturated carbocycles. The van der Waals surface area contributed by atoms with Gasteiger partial charge in [-0.05, 0) is 40.7 Å². The van der Waals surface area contributed by atoms with E-state index in [1.807, 2.05) is 20.8 Å². The molecule has 52 heavy (non-hydrogen) atoms. The van der Waals surface area contributed by atoms with Gasteiger partial charge in [0.1, 0.15) is 12.8 Å². The smallest absolute Gasteiger partial charge is 0.407 e. The van der Waals surface area contributed by atoms with Crippen LogP contribution in [0.2, 0.25) is 5.02 Å². The van der Waals surface area contributed by atoms with Crippen molar-refractivity contribution in [1.29, 1.82) is 0 Å². The number of ether oxygens (including phenoxy) is 1. The molecule has 0 spiro atoms. The number of amides is 2. The van der Waals surface area contributed by atoms with Crippen LogP contribution in [0.1, 0.15) is 57.3 Å². The van der Waals surface area contributed by atoms with E-state index in [0.717, 1.165) is 17.0 Å². The maximum atomic E-state index is 14.9. The lowest BCUT2D eigenvalue weighted by Gasteiger charge is -2.35. The third-order valence-corrected chi connectivity index (χ3v) is 8.79. The van der Waals surface area contributed by atoms with E-state index in [0.29, 0.717) is 21.4 Å². The Morgan fingerprint density at radius 3 is 2.40 bits per heavy atom. The lowest BCUT2D eigenvalue weighted by molar-refractivity contribution is -0.135. The predicted molar refractivity (Wildman–Crippen MR) is 187 cm³/mol. The van der Waals surface area contributed by atoms with Crippen LogP contribution in [0.25, 0.3) is 11.1 Å². The second kappa shape index (κ2) is 14.9. The summed E-state index contributed by atoms with van der Waals surface area (Å²) >= 11 is 6.44. The molecule has 0 radical (unpaired) electrons. The molecule has 3 aromatic rings. The molecular formula is C34H37ClF5N9O3. The van der Waals surface area contributed by atoms with E-state index in [2.05, 4.69) is 27.2 Å². The molecule has 0 bridgehead atoms. The van der Waals surface area contributed by atoms with Gasteiger partial charge in [-0.2, -0.15) is 19.0 Å². The molecule has 2 amide bonds. The van der Waals surface area contributed by atoms with E-state index in [1.165, 1.54) is 30.6 Å². The Morgan fingerprint density at radius 1 is 1.19 bits per heavy atom. The van der Waals surface area contributed by atoms with Gasteiger partial charge in [-0.1, -0.05) is 62.7 Å². The first-order chi connectivity index (χ1) is 24.5. The van der Waals surface area contributed by atoms with Crippen molar-refractivity contribution in [3.8, 4) is 11.1 Å². The summed E-state index contributed by atoms with van der Waals surface area (Å²) in [4.78, 5) is 37.1. The quantitative estimate of drug-likeness (QED) is 0.0916. The lowest BCUT2D eigenvalue weighted by atomic mass is 9.75. The zero-order valence-electron chi connectivity index (χ0n) is 28.6. The molecule has 4 atom stereocenters. The van der Waals surface area contributed by atoms with Crippen LogP contribution in [0.15, 0.2) is 69.9 Å². The molecule has 278 valence electrons. The fraction of sp³-hybridized carbons (Fsp3) is 0.412. The minimum absolute atomic E-state index is 0.0197. The summed E-state index contributed by atoms with van der Waals surface area (Å²) in [5.74, 6) is -1.61. The number of carbonyl (C=O) groups excluding carboxylic acids is 2. The normalized spacial score (nSPS) is 21.0. The monoisotopic (exact) mass is 749 g/mol. The van der Waals surface area contributed by atoms with Crippen molar-refractivity contribution >= 4 is 47.8 Å². The van der Waals surface area contributed by atoms with Crippen LogP contribution in [0.3, 0.4) is 0 Å². The third-order valence-electron chi connectivity index (χ3n) is 8.47. The number of hydrogen-bond acceptors (Lipinski definition) is 8. The highest BCUT2D eigenvalue weighted by molar-refractivity contribution is 6.34. The van der Waals surface area contributed by atoms with Crippen LogP contribution < -0.4 is 16.1 Å². The van der Waals surface area contributed by atoms with Crippen molar-refractivity contribution < 1.29 is 36.3 Å². The van der Waals surface area contributed by atoms with Crippen LogP contribution in [-0.2, 0) is 15.1 Å². The van der Waals surface area contributed by atoms with Crippen LogP contribution >= 0.6 is 11.6 Å². The summed E-state index contributed by atoms with van der Waals surface area (Å²) in [7, 11) is 1.15. The first kappa shape index (κ1) is 38.2. The van der Waals surface area contributed by atoms with Gasteiger partial charge in [-0.3, -0.25) is 14.7 Å². The number of guanidine groups is 1. The van der Waals surface area contributed by atoms with Crippen LogP contribution in [0, 0.1) is 5.41 Å². The number of aliphatic imine (C=N–C) groups is 2. The number of hydrogen-bond donors (Lipinski definition) is 2. The van der Waals surface area contributed by atoms with E-state index in [1.54, 1.807) is 24.3 Å². The molecule has 2 heterocycles. The van der Waals surface area contributed by atoms with Gasteiger partial charge < -0.3 is 15.8 Å². The van der Waals surface area contributed by atoms with Gasteiger partial charge in [0.15, 0.2) is 17.3 Å². The highest BCUT2D eigenvalue weighted by atomic mass is 35.5. The number of nitrogens with zero attached hydrogens (tertiary/aromatic N) is 7. The van der Waals surface area contributed by atoms with Gasteiger partial charge >= 0.3 is 12.6 Å². The van der Waals surface area contributed by atoms with Gasteiger partial charge in [-0.25, -0.2) is 32.6 Å². The molecule has 0 saturated heterocycles. The number of nitrogens with one attached hydrogen (secondary N) is 1. The molecule has 5 rings (SSSR count). The number of rotatable bonds is 12. The summed E-state index contributed by atoms with van der Waals surface area (Å²) in [6.45, 7) is 5.75. The Bertz CT molecular complexity index is 1880. The number of aromatic nitrogens is 2. The molecule has 0 unspecified atom stereocenters. The van der Waals surface area contributed by atoms with E-state index >= 15 is 0 Å². The Hall–Kier alpha value is -5.06. The van der Waals surface area contributed by atoms with Crippen LogP contribution in [-0.4, -0.2) is 77.5 Å². The molecule has 2 aromatic carbocycles. The highest BCUT2D eigenvalue weighted by Crippen LogP contribution is 2.45. The summed E-state index contributed by atoms with van der Waals surface area (Å²) < 4.78 is 73.7. The number of amidine groups is 1. The molecule has 1 aliphatic carbocycles. The summed E-state index contributed by atoms with van der Waals surface area (Å²) in [6, 6.07) is 8.87. The van der Waals surface area contributed by atoms with Gasteiger partial charge in [0.25, 0.3) is 12.3 Å². The van der Waals surface area contributed by atoms with E-state index in [4.69, 9.17) is 27.1 Å². The Morgan fingerprint density at radius 2 is 1.87 bits per heavy atom. The average Bonchev–Trinajstić information content (AvgIpc) is 3.44. The molecule has 12 nitrogen and oxygen atoms in total. The SMILES string of the molecule is C=NN(C(=NC)C(F)F)c1cc([C@@H](COC(=O)N[C@H]2C[C@@H]2F)N2C(=O)[C@@](CC(C)(C)C)(c3ccc(-c4cnn(C(F)F)c4)cc3)N=C2N)ccc1Cl. The number of alkyl halides is 5. The lowest BCUT2D eigenvalue weighted by Crippen LogP contribution is -2.47. The molecule has 18 heteroatoms. The summed E-state index contributed by atoms with van der Waals surface area (Å²) in [5.41, 5.74) is 6.00. The van der Waals surface area contributed by atoms with Crippen LogP contribution in [0.4, 0.5) is 32.4 Å². The molecule has 2 aliphatic rings. The largest absolute Gasteiger partial charge is 0.447 e. The number of halogens is 6. The van der Waals surface area contributed by atoms with Crippen molar-refractivity contribution in [2.75, 3.05) is 18.7 Å². The predicted octanol–water partition coefficient (Wildman–Crippen LogP) is 6.68. The van der Waals surface area contributed by atoms with Crippen molar-refractivity contribution in [3.63, 3.8) is 0 Å². The highest BCUT2D eigenvalue weighted by Gasteiger charge is 2.53. The van der Waals surface area contributed by atoms with Crippen molar-refractivity contribution in [2.24, 2.45) is 26.2 Å². The number of hydrazone groups is 1. The number of alkyl carbamates (subject to hydrolysis) is 1. The zero-order chi connectivity index (χ0) is 38.1. The molecule has 1 aliphatic heterocycles. The summed E-state index contributed by atoms with van der Waals surface area (Å²) in [6.07, 6.45) is -2.46. The van der Waals surface area contributed by atoms with E-state index in [-0.39, 0.29) is 35.1 Å². The number of anilines is 1. The summed E-state index contributed by atoms with van der Waals surface area (Å²) in [5, 5.41) is 10.5. The van der Waals surface area contributed by atoms with Crippen LogP contribution in [0.5, 0.6) is 0 Å². The van der Waals surface area contributed by atoms with E-state index in [9.17, 15) is 31.5 Å². The van der Waals surface area contributed by atoms with Gasteiger partial charge in [-0.15, -0.1) is 0 Å². The fourth-order valence-electron chi connectivity index (χ4n) is 6.04. The number of nitrogens with two attached hydrogens (primary N) is 1. The second-order valence-electron chi connectivity index (χ2n) is 13.5. The minimum atomic E-state index is -3.06. The van der Waals surface area contributed by atoms with Gasteiger partial charge in [0.2, 0.25) is 0 Å². The van der Waals surface area contributed by atoms with Crippen molar-refractivity contribution in [3.05, 3.63) is 71.0 Å². The first-order valence-electron chi connectivity index (χ1n) is 16.0. The maximum absolute atomic E-state index is 14.9. The molecule has 1 aromatic heterocycles. The Labute approximate surface area is 301 Å². The Balaban J connectivity index is 1.57. The fourth-order valence-corrected chi connectivity index (χ4v) is 6.24. The maximum Gasteiger partial charge on any atom is 0.407 e. The number of benzene rings is 2. The first-order valence-corrected chi connectivity index (χ1v) is 16.4. The minimum Gasteiger partial charge on any atom is -0.447 e. The third kappa shape index (κ3) is 7.88. The number of carbonyl (C=O) groups is 2. The average molecular weight is 750 g/mol. The molecule has 3 N–H and O–H groups in total. The van der Waals surface area contributed by atoms with Crippen molar-refractivity contribution in [2.45, 2.75) is 70.4 Å². The van der Waals surface area contributed by atoms with Gasteiger partial charge in [0.05, 0.1) is 29.0 Å². The molecule has 1 fully saturated rings. The zero-order valence-corrected chi connectivity index (χ0v) is 29.4. The van der Waals surface area contributed by atoms with Gasteiger partial charge in [0, 0.05) is 31.9 Å². The molecular weight excluding hydrogens is 713 g/mol. The standard InChI is InChI=1S/C34H37ClF5N9O3/c1-33(2,3)17-34(21-9-6-18(7-10-21)20-14-44-47(15-20)30(39)40)29(50)48(31(41)46-34)26(16-52-32(51)45-24-13-23(24)36)19-8-11-22(35)25(12-19)49(43-5)28(42-4)27(37)38/h6-12,14-15,23-24,26-27,30H,5,13,16-17H2,1-4H3,(H2,41,46)(H,45,51)/t23-,24-,26+,34+/m0/s1. The van der Waals surface area contributed by atoms with E-state index < -0.39 is 66.6 Å². The topological polar surface area (TPSA) is 143 Å². The second-order valence-corrected chi connectivity index (χ2v) is 13.9. The van der Waals surface area contributed by atoms with Crippen molar-refractivity contribution in [1.82, 2.24) is 20.0 Å². The Kier molecular flexibility index (Phi) is 10.9.